The van der Waals surface area contributed by atoms with Gasteiger partial charge in [-0.2, -0.15) is 0 Å². The van der Waals surface area contributed by atoms with Crippen molar-refractivity contribution in [3.63, 3.8) is 0 Å². The topological polar surface area (TPSA) is 60.0 Å². The van der Waals surface area contributed by atoms with Gasteiger partial charge in [0, 0.05) is 13.1 Å². The molecule has 0 saturated carbocycles. The molecule has 1 atom stereocenters. The van der Waals surface area contributed by atoms with Crippen LogP contribution in [-0.4, -0.2) is 49.8 Å². The Labute approximate surface area is 168 Å². The SMILES string of the molecule is CCN(CC1COc2ccccc2O1)C(=O)NCc1cccc(OCC(F)F)c1. The lowest BCUT2D eigenvalue weighted by molar-refractivity contribution is 0.0675. The number of urea groups is 1. The first-order valence-electron chi connectivity index (χ1n) is 9.46. The minimum Gasteiger partial charge on any atom is -0.488 e. The Morgan fingerprint density at radius 2 is 2.03 bits per heavy atom. The summed E-state index contributed by atoms with van der Waals surface area (Å²) in [7, 11) is 0. The van der Waals surface area contributed by atoms with Crippen LogP contribution >= 0.6 is 0 Å². The molecule has 0 aromatic heterocycles. The molecule has 8 heteroatoms. The molecule has 0 bridgehead atoms. The van der Waals surface area contributed by atoms with E-state index in [-0.39, 0.29) is 18.7 Å². The maximum absolute atomic E-state index is 12.6. The molecule has 1 aliphatic rings. The smallest absolute Gasteiger partial charge is 0.317 e. The first-order valence-corrected chi connectivity index (χ1v) is 9.46. The van der Waals surface area contributed by atoms with Crippen molar-refractivity contribution in [1.29, 1.82) is 0 Å². The Hall–Kier alpha value is -3.03. The number of fused-ring (bicyclic) bond motifs is 1. The van der Waals surface area contributed by atoms with E-state index < -0.39 is 13.0 Å². The molecule has 2 aromatic rings. The number of amides is 2. The maximum atomic E-state index is 12.6. The van der Waals surface area contributed by atoms with Crippen LogP contribution in [0, 0.1) is 0 Å². The molecule has 3 rings (SSSR count). The van der Waals surface area contributed by atoms with Crippen LogP contribution in [0.5, 0.6) is 17.2 Å². The first-order chi connectivity index (χ1) is 14.0. The molecule has 1 heterocycles. The van der Waals surface area contributed by atoms with Crippen molar-refractivity contribution >= 4 is 6.03 Å². The molecule has 2 aromatic carbocycles. The minimum absolute atomic E-state index is 0.242. The third kappa shape index (κ3) is 5.97. The molecule has 29 heavy (non-hydrogen) atoms. The highest BCUT2D eigenvalue weighted by Crippen LogP contribution is 2.31. The Balaban J connectivity index is 1.51. The van der Waals surface area contributed by atoms with E-state index in [1.807, 2.05) is 31.2 Å². The number of nitrogens with one attached hydrogen (secondary N) is 1. The van der Waals surface area contributed by atoms with Crippen LogP contribution in [-0.2, 0) is 6.54 Å². The number of nitrogens with zero attached hydrogens (tertiary/aromatic N) is 1. The molecule has 156 valence electrons. The lowest BCUT2D eigenvalue weighted by Crippen LogP contribution is -2.47. The van der Waals surface area contributed by atoms with Crippen LogP contribution in [0.2, 0.25) is 0 Å². The standard InChI is InChI=1S/C21H24F2N2O4/c1-2-25(12-17-13-28-18-8-3-4-9-19(18)29-17)21(26)24-11-15-6-5-7-16(10-15)27-14-20(22)23/h3-10,17,20H,2,11-14H2,1H3,(H,24,26). The third-order valence-corrected chi connectivity index (χ3v) is 4.38. The molecule has 2 amide bonds. The van der Waals surface area contributed by atoms with E-state index in [1.54, 1.807) is 29.2 Å². The summed E-state index contributed by atoms with van der Waals surface area (Å²) in [5.41, 5.74) is 0.757. The summed E-state index contributed by atoms with van der Waals surface area (Å²) in [5.74, 6) is 1.71. The highest BCUT2D eigenvalue weighted by Gasteiger charge is 2.24. The molecular weight excluding hydrogens is 382 g/mol. The Morgan fingerprint density at radius 1 is 1.24 bits per heavy atom. The molecule has 1 aliphatic heterocycles. The predicted octanol–water partition coefficient (Wildman–Crippen LogP) is 3.70. The molecule has 1 N–H and O–H groups in total. The van der Waals surface area contributed by atoms with Gasteiger partial charge >= 0.3 is 6.03 Å². The zero-order valence-electron chi connectivity index (χ0n) is 16.1. The lowest BCUT2D eigenvalue weighted by Gasteiger charge is -2.31. The second kappa shape index (κ2) is 9.95. The van der Waals surface area contributed by atoms with E-state index in [2.05, 4.69) is 5.32 Å². The van der Waals surface area contributed by atoms with Gasteiger partial charge in [-0.15, -0.1) is 0 Å². The third-order valence-electron chi connectivity index (χ3n) is 4.38. The number of ether oxygens (including phenoxy) is 3. The maximum Gasteiger partial charge on any atom is 0.317 e. The number of hydrogen-bond acceptors (Lipinski definition) is 4. The van der Waals surface area contributed by atoms with Gasteiger partial charge in [0.1, 0.15) is 19.0 Å². The average Bonchev–Trinajstić information content (AvgIpc) is 2.74. The molecule has 1 unspecified atom stereocenters. The molecule has 0 radical (unpaired) electrons. The van der Waals surface area contributed by atoms with Crippen LogP contribution in [0.25, 0.3) is 0 Å². The van der Waals surface area contributed by atoms with Crippen molar-refractivity contribution in [3.05, 3.63) is 54.1 Å². The van der Waals surface area contributed by atoms with E-state index in [1.165, 1.54) is 0 Å². The highest BCUT2D eigenvalue weighted by atomic mass is 19.3. The number of rotatable bonds is 8. The Kier molecular flexibility index (Phi) is 7.10. The van der Waals surface area contributed by atoms with Crippen molar-refractivity contribution in [2.75, 3.05) is 26.3 Å². The summed E-state index contributed by atoms with van der Waals surface area (Å²) in [6.07, 6.45) is -2.80. The summed E-state index contributed by atoms with van der Waals surface area (Å²) < 4.78 is 41.2. The van der Waals surface area contributed by atoms with Crippen molar-refractivity contribution in [3.8, 4) is 17.2 Å². The van der Waals surface area contributed by atoms with Crippen LogP contribution in [0.4, 0.5) is 13.6 Å². The summed E-state index contributed by atoms with van der Waals surface area (Å²) in [6.45, 7) is 2.73. The number of likely N-dealkylation sites (N-methyl/N-ethyl adjacent to an activating group) is 1. The van der Waals surface area contributed by atoms with Crippen LogP contribution in [0.1, 0.15) is 12.5 Å². The van der Waals surface area contributed by atoms with Gasteiger partial charge in [0.2, 0.25) is 0 Å². The average molecular weight is 406 g/mol. The second-order valence-electron chi connectivity index (χ2n) is 6.54. The van der Waals surface area contributed by atoms with E-state index in [0.29, 0.717) is 36.9 Å². The van der Waals surface area contributed by atoms with E-state index in [4.69, 9.17) is 14.2 Å². The first kappa shape index (κ1) is 20.7. The number of carbonyl (C=O) groups is 1. The predicted molar refractivity (Wildman–Crippen MR) is 104 cm³/mol. The molecule has 6 nitrogen and oxygen atoms in total. The monoisotopic (exact) mass is 406 g/mol. The number of carbonyl (C=O) groups excluding carboxylic acids is 1. The van der Waals surface area contributed by atoms with Gasteiger partial charge in [0.05, 0.1) is 6.54 Å². The van der Waals surface area contributed by atoms with Gasteiger partial charge in [-0.3, -0.25) is 0 Å². The van der Waals surface area contributed by atoms with Gasteiger partial charge in [-0.1, -0.05) is 24.3 Å². The van der Waals surface area contributed by atoms with Gasteiger partial charge in [0.25, 0.3) is 6.43 Å². The Bertz CT molecular complexity index is 819. The zero-order valence-corrected chi connectivity index (χ0v) is 16.1. The molecule has 0 saturated heterocycles. The number of para-hydroxylation sites is 2. The highest BCUT2D eigenvalue weighted by molar-refractivity contribution is 5.74. The zero-order chi connectivity index (χ0) is 20.6. The van der Waals surface area contributed by atoms with Crippen molar-refractivity contribution < 1.29 is 27.8 Å². The fourth-order valence-corrected chi connectivity index (χ4v) is 2.95. The summed E-state index contributed by atoms with van der Waals surface area (Å²) in [6, 6.07) is 13.9. The van der Waals surface area contributed by atoms with E-state index >= 15 is 0 Å². The summed E-state index contributed by atoms with van der Waals surface area (Å²) in [5, 5.41) is 2.84. The number of hydrogen-bond donors (Lipinski definition) is 1. The summed E-state index contributed by atoms with van der Waals surface area (Å²) in [4.78, 5) is 14.2. The normalized spacial score (nSPS) is 15.1. The fraction of sp³-hybridized carbons (Fsp3) is 0.381. The quantitative estimate of drug-likeness (QED) is 0.726. The summed E-state index contributed by atoms with van der Waals surface area (Å²) >= 11 is 0. The molecule has 0 fully saturated rings. The van der Waals surface area contributed by atoms with Crippen molar-refractivity contribution in [1.82, 2.24) is 10.2 Å². The number of halogens is 2. The fourth-order valence-electron chi connectivity index (χ4n) is 2.95. The number of alkyl halides is 2. The molecule has 0 spiro atoms. The van der Waals surface area contributed by atoms with Crippen LogP contribution in [0.3, 0.4) is 0 Å². The van der Waals surface area contributed by atoms with E-state index in [0.717, 1.165) is 5.56 Å². The van der Waals surface area contributed by atoms with Crippen molar-refractivity contribution in [2.24, 2.45) is 0 Å². The van der Waals surface area contributed by atoms with Crippen molar-refractivity contribution in [2.45, 2.75) is 26.0 Å². The van der Waals surface area contributed by atoms with Gasteiger partial charge in [-0.25, -0.2) is 13.6 Å². The van der Waals surface area contributed by atoms with E-state index in [9.17, 15) is 13.6 Å². The molecular formula is C21H24F2N2O4. The molecule has 0 aliphatic carbocycles. The van der Waals surface area contributed by atoms with Crippen LogP contribution in [0.15, 0.2) is 48.5 Å². The van der Waals surface area contributed by atoms with Crippen LogP contribution < -0.4 is 19.5 Å². The lowest BCUT2D eigenvalue weighted by atomic mass is 10.2. The van der Waals surface area contributed by atoms with Gasteiger partial charge in [-0.05, 0) is 36.8 Å². The van der Waals surface area contributed by atoms with Gasteiger partial charge < -0.3 is 24.4 Å². The Morgan fingerprint density at radius 3 is 2.79 bits per heavy atom. The number of benzene rings is 2. The second-order valence-corrected chi connectivity index (χ2v) is 6.54. The van der Waals surface area contributed by atoms with Gasteiger partial charge in [0.15, 0.2) is 17.6 Å². The minimum atomic E-state index is -2.53. The largest absolute Gasteiger partial charge is 0.488 e.